The highest BCUT2D eigenvalue weighted by Crippen LogP contribution is 2.18. The Morgan fingerprint density at radius 1 is 1.42 bits per heavy atom. The van der Waals surface area contributed by atoms with Crippen LogP contribution in [-0.2, 0) is 6.54 Å². The summed E-state index contributed by atoms with van der Waals surface area (Å²) in [7, 11) is 0. The van der Waals surface area contributed by atoms with E-state index in [2.05, 4.69) is 15.4 Å². The van der Waals surface area contributed by atoms with E-state index in [-0.39, 0.29) is 5.91 Å². The first-order valence-corrected chi connectivity index (χ1v) is 6.18. The summed E-state index contributed by atoms with van der Waals surface area (Å²) in [6.45, 7) is 2.78. The van der Waals surface area contributed by atoms with Gasteiger partial charge in [0.25, 0.3) is 5.91 Å². The fourth-order valence-electron chi connectivity index (χ4n) is 2.07. The largest absolute Gasteiger partial charge is 0.361 e. The second-order valence-electron chi connectivity index (χ2n) is 4.29. The number of fused-ring (bicyclic) bond motifs is 1. The van der Waals surface area contributed by atoms with E-state index in [1.165, 1.54) is 0 Å². The Balaban J connectivity index is 1.89. The van der Waals surface area contributed by atoms with Crippen molar-refractivity contribution >= 4 is 22.5 Å². The second-order valence-corrected chi connectivity index (χ2v) is 4.29. The molecule has 0 radical (unpaired) electrons. The molecule has 1 aromatic carbocycles. The van der Waals surface area contributed by atoms with E-state index in [0.717, 1.165) is 17.4 Å². The van der Waals surface area contributed by atoms with Gasteiger partial charge in [-0.3, -0.25) is 9.48 Å². The van der Waals surface area contributed by atoms with Crippen LogP contribution in [0.25, 0.3) is 10.9 Å². The van der Waals surface area contributed by atoms with Crippen LogP contribution in [0.15, 0.2) is 42.9 Å². The molecule has 0 aliphatic rings. The minimum absolute atomic E-state index is 0.135. The third-order valence-corrected chi connectivity index (χ3v) is 3.05. The number of carbonyl (C=O) groups is 1. The van der Waals surface area contributed by atoms with Crippen LogP contribution in [0.4, 0.5) is 5.69 Å². The lowest BCUT2D eigenvalue weighted by molar-refractivity contribution is 0.102. The van der Waals surface area contributed by atoms with Crippen molar-refractivity contribution in [3.8, 4) is 0 Å². The van der Waals surface area contributed by atoms with Gasteiger partial charge in [-0.25, -0.2) is 0 Å². The molecule has 19 heavy (non-hydrogen) atoms. The Hall–Kier alpha value is -2.56. The highest BCUT2D eigenvalue weighted by molar-refractivity contribution is 6.11. The maximum Gasteiger partial charge on any atom is 0.257 e. The second kappa shape index (κ2) is 4.61. The molecule has 96 valence electrons. The number of nitrogens with zero attached hydrogens (tertiary/aromatic N) is 2. The molecule has 5 heteroatoms. The maximum atomic E-state index is 12.3. The van der Waals surface area contributed by atoms with Crippen LogP contribution in [0.2, 0.25) is 0 Å². The number of hydrogen-bond donors (Lipinski definition) is 2. The monoisotopic (exact) mass is 254 g/mol. The maximum absolute atomic E-state index is 12.3. The zero-order chi connectivity index (χ0) is 13.2. The van der Waals surface area contributed by atoms with E-state index in [4.69, 9.17) is 0 Å². The average molecular weight is 254 g/mol. The zero-order valence-corrected chi connectivity index (χ0v) is 10.6. The lowest BCUT2D eigenvalue weighted by atomic mass is 10.1. The number of H-pyrrole nitrogens is 1. The van der Waals surface area contributed by atoms with Crippen molar-refractivity contribution in [2.45, 2.75) is 13.5 Å². The van der Waals surface area contributed by atoms with Gasteiger partial charge in [-0.05, 0) is 19.1 Å². The molecule has 0 atom stereocenters. The van der Waals surface area contributed by atoms with Crippen molar-refractivity contribution in [2.75, 3.05) is 5.32 Å². The van der Waals surface area contributed by atoms with Gasteiger partial charge in [-0.15, -0.1) is 0 Å². The first kappa shape index (κ1) is 11.5. The number of benzene rings is 1. The summed E-state index contributed by atoms with van der Waals surface area (Å²) in [5.74, 6) is -0.135. The van der Waals surface area contributed by atoms with Crippen LogP contribution in [0.5, 0.6) is 0 Å². The molecule has 0 aliphatic heterocycles. The Kier molecular flexibility index (Phi) is 2.79. The normalized spacial score (nSPS) is 10.8. The summed E-state index contributed by atoms with van der Waals surface area (Å²) < 4.78 is 1.77. The van der Waals surface area contributed by atoms with Gasteiger partial charge in [-0.2, -0.15) is 5.10 Å². The van der Waals surface area contributed by atoms with Gasteiger partial charge in [0.1, 0.15) is 0 Å². The fraction of sp³-hybridized carbons (Fsp3) is 0.143. The Morgan fingerprint density at radius 3 is 3.11 bits per heavy atom. The van der Waals surface area contributed by atoms with E-state index >= 15 is 0 Å². The van der Waals surface area contributed by atoms with E-state index < -0.39 is 0 Å². The van der Waals surface area contributed by atoms with Crippen molar-refractivity contribution in [1.82, 2.24) is 14.8 Å². The third-order valence-electron chi connectivity index (χ3n) is 3.05. The molecule has 3 aromatic rings. The molecular formula is C14H14N4O. The molecule has 0 saturated heterocycles. The minimum Gasteiger partial charge on any atom is -0.361 e. The molecule has 2 aromatic heterocycles. The number of anilines is 1. The highest BCUT2D eigenvalue weighted by atomic mass is 16.1. The van der Waals surface area contributed by atoms with Gasteiger partial charge in [0.2, 0.25) is 0 Å². The molecule has 5 nitrogen and oxygen atoms in total. The molecular weight excluding hydrogens is 240 g/mol. The summed E-state index contributed by atoms with van der Waals surface area (Å²) in [6, 6.07) is 7.60. The van der Waals surface area contributed by atoms with E-state index in [1.54, 1.807) is 16.9 Å². The topological polar surface area (TPSA) is 62.7 Å². The van der Waals surface area contributed by atoms with Gasteiger partial charge < -0.3 is 10.3 Å². The number of aryl methyl sites for hydroxylation is 1. The highest BCUT2D eigenvalue weighted by Gasteiger charge is 2.11. The molecule has 0 aliphatic carbocycles. The molecule has 1 amide bonds. The van der Waals surface area contributed by atoms with E-state index in [9.17, 15) is 4.79 Å². The Labute approximate surface area is 110 Å². The van der Waals surface area contributed by atoms with Gasteiger partial charge in [0, 0.05) is 24.3 Å². The number of aromatic amines is 1. The summed E-state index contributed by atoms with van der Waals surface area (Å²) in [4.78, 5) is 15.3. The van der Waals surface area contributed by atoms with Gasteiger partial charge in [0.05, 0.1) is 23.0 Å². The van der Waals surface area contributed by atoms with Crippen molar-refractivity contribution < 1.29 is 4.79 Å². The number of amides is 1. The predicted octanol–water partition coefficient (Wildman–Crippen LogP) is 2.64. The van der Waals surface area contributed by atoms with Gasteiger partial charge in [-0.1, -0.05) is 12.1 Å². The van der Waals surface area contributed by atoms with Gasteiger partial charge in [0.15, 0.2) is 0 Å². The summed E-state index contributed by atoms with van der Waals surface area (Å²) >= 11 is 0. The van der Waals surface area contributed by atoms with Crippen LogP contribution >= 0.6 is 0 Å². The minimum atomic E-state index is -0.135. The van der Waals surface area contributed by atoms with Crippen LogP contribution in [0.1, 0.15) is 17.3 Å². The number of aromatic nitrogens is 3. The SMILES string of the molecule is CCn1cc(NC(=O)c2cccc3cc[nH]c23)cn1. The Bertz CT molecular complexity index is 726. The van der Waals surface area contributed by atoms with Crippen molar-refractivity contribution in [2.24, 2.45) is 0 Å². The van der Waals surface area contributed by atoms with E-state index in [0.29, 0.717) is 11.3 Å². The van der Waals surface area contributed by atoms with Crippen molar-refractivity contribution in [1.29, 1.82) is 0 Å². The number of carbonyl (C=O) groups excluding carboxylic acids is 1. The summed E-state index contributed by atoms with van der Waals surface area (Å²) in [5, 5.41) is 8.01. The molecule has 0 unspecified atom stereocenters. The molecule has 0 bridgehead atoms. The number of hydrogen-bond acceptors (Lipinski definition) is 2. The predicted molar refractivity (Wildman–Crippen MR) is 74.2 cm³/mol. The molecule has 0 fully saturated rings. The number of rotatable bonds is 3. The standard InChI is InChI=1S/C14H14N4O/c1-2-18-9-11(8-16-18)17-14(19)12-5-3-4-10-6-7-15-13(10)12/h3-9,15H,2H2,1H3,(H,17,19). The van der Waals surface area contributed by atoms with Crippen molar-refractivity contribution in [3.63, 3.8) is 0 Å². The zero-order valence-electron chi connectivity index (χ0n) is 10.6. The summed E-state index contributed by atoms with van der Waals surface area (Å²) in [5.41, 5.74) is 2.19. The lowest BCUT2D eigenvalue weighted by Crippen LogP contribution is -2.11. The van der Waals surface area contributed by atoms with Gasteiger partial charge >= 0.3 is 0 Å². The molecule has 2 N–H and O–H groups in total. The first-order chi connectivity index (χ1) is 9.28. The van der Waals surface area contributed by atoms with Crippen LogP contribution < -0.4 is 5.32 Å². The lowest BCUT2D eigenvalue weighted by Gasteiger charge is -2.03. The van der Waals surface area contributed by atoms with Crippen LogP contribution in [0.3, 0.4) is 0 Å². The number of para-hydroxylation sites is 1. The van der Waals surface area contributed by atoms with Crippen LogP contribution in [0, 0.1) is 0 Å². The number of nitrogens with one attached hydrogen (secondary N) is 2. The van der Waals surface area contributed by atoms with E-state index in [1.807, 2.05) is 37.5 Å². The van der Waals surface area contributed by atoms with Crippen molar-refractivity contribution in [3.05, 3.63) is 48.4 Å². The molecule has 0 saturated carbocycles. The molecule has 2 heterocycles. The smallest absolute Gasteiger partial charge is 0.257 e. The Morgan fingerprint density at radius 2 is 2.32 bits per heavy atom. The average Bonchev–Trinajstić information content (AvgIpc) is 3.05. The quantitative estimate of drug-likeness (QED) is 0.754. The third kappa shape index (κ3) is 2.10. The summed E-state index contributed by atoms with van der Waals surface area (Å²) in [6.07, 6.45) is 5.29. The molecule has 3 rings (SSSR count). The fourth-order valence-corrected chi connectivity index (χ4v) is 2.07. The van der Waals surface area contributed by atoms with Crippen LogP contribution in [-0.4, -0.2) is 20.7 Å². The molecule has 0 spiro atoms. The first-order valence-electron chi connectivity index (χ1n) is 6.18.